The Labute approximate surface area is 243 Å². The lowest BCUT2D eigenvalue weighted by Crippen LogP contribution is -2.66. The third kappa shape index (κ3) is 3.91. The lowest BCUT2D eigenvalue weighted by atomic mass is 9.34. The first-order valence-corrected chi connectivity index (χ1v) is 15.2. The highest BCUT2D eigenvalue weighted by Crippen LogP contribution is 2.74. The summed E-state index contributed by atoms with van der Waals surface area (Å²) in [6, 6.07) is 0. The molecule has 7 heteroatoms. The first-order chi connectivity index (χ1) is 18.9. The van der Waals surface area contributed by atoms with Crippen molar-refractivity contribution in [1.29, 1.82) is 0 Å². The maximum atomic E-state index is 14.5. The van der Waals surface area contributed by atoms with Crippen molar-refractivity contribution in [3.05, 3.63) is 34.8 Å². The SMILES string of the molecule is [C-]#[N+]C1=C[C@]2(C)C3=CC(=O)[C@@H]4[C@@H]5CC(C)(C)CC[C@]5(C(=O)CNC(=O)CF)CC[C@@]4(C)[C@]3(C)CC[C@H]2C(C)(C)C1=O. The lowest BCUT2D eigenvalue weighted by Gasteiger charge is -2.69. The van der Waals surface area contributed by atoms with Crippen LogP contribution in [0, 0.1) is 56.8 Å². The Hall–Kier alpha value is -2.62. The van der Waals surface area contributed by atoms with Gasteiger partial charge in [0.1, 0.15) is 0 Å². The van der Waals surface area contributed by atoms with Crippen LogP contribution in [0.3, 0.4) is 0 Å². The summed E-state index contributed by atoms with van der Waals surface area (Å²) in [5, 5.41) is 2.46. The highest BCUT2D eigenvalue weighted by molar-refractivity contribution is 6.03. The summed E-state index contributed by atoms with van der Waals surface area (Å²) < 4.78 is 12.9. The van der Waals surface area contributed by atoms with Gasteiger partial charge in [0.2, 0.25) is 5.70 Å². The molecule has 6 nitrogen and oxygen atoms in total. The molecule has 0 aromatic carbocycles. The third-order valence-corrected chi connectivity index (χ3v) is 13.0. The van der Waals surface area contributed by atoms with Crippen molar-refractivity contribution >= 4 is 23.3 Å². The number of amides is 1. The zero-order valence-corrected chi connectivity index (χ0v) is 25.7. The lowest BCUT2D eigenvalue weighted by molar-refractivity contribution is -0.177. The molecule has 1 amide bonds. The number of allylic oxidation sites excluding steroid dienone is 4. The van der Waals surface area contributed by atoms with Gasteiger partial charge in [0.15, 0.2) is 24.0 Å². The molecule has 0 aromatic rings. The van der Waals surface area contributed by atoms with Gasteiger partial charge in [-0.05, 0) is 79.1 Å². The monoisotopic (exact) mass is 564 g/mol. The van der Waals surface area contributed by atoms with Crippen molar-refractivity contribution in [3.63, 3.8) is 0 Å². The fourth-order valence-corrected chi connectivity index (χ4v) is 10.5. The maximum absolute atomic E-state index is 14.5. The summed E-state index contributed by atoms with van der Waals surface area (Å²) in [5.41, 5.74) is -1.63. The Balaban J connectivity index is 1.64. The minimum atomic E-state index is -1.16. The molecule has 3 saturated carbocycles. The topological polar surface area (TPSA) is 84.7 Å². The van der Waals surface area contributed by atoms with E-state index < -0.39 is 34.2 Å². The molecule has 0 spiro atoms. The van der Waals surface area contributed by atoms with Gasteiger partial charge in [-0.1, -0.05) is 60.1 Å². The average molecular weight is 565 g/mol. The minimum absolute atomic E-state index is 0.0164. The fraction of sp³-hybridized carbons (Fsp3) is 0.735. The number of Topliss-reactive ketones (excluding diaryl/α,β-unsaturated/α-hetero) is 2. The van der Waals surface area contributed by atoms with Crippen LogP contribution in [0.5, 0.6) is 0 Å². The van der Waals surface area contributed by atoms with Crippen molar-refractivity contribution in [2.24, 2.45) is 50.2 Å². The van der Waals surface area contributed by atoms with Crippen LogP contribution in [0.2, 0.25) is 0 Å². The van der Waals surface area contributed by atoms with Gasteiger partial charge in [-0.15, -0.1) is 0 Å². The van der Waals surface area contributed by atoms with E-state index >= 15 is 0 Å². The molecular weight excluding hydrogens is 519 g/mol. The standard InChI is InChI=1S/C34H45FN2O4/c1-29(2)11-13-34(25(39)19-37-26(40)18-35)14-12-33(7)27(20(34)16-29)22(38)15-24-31(5)17-21(36-8)28(41)30(3,4)23(31)9-10-32(24,33)6/h15,17,20,23,27H,9-14,16,18-19H2,1-7H3,(H,37,40)/t20-,23-,27-,31-,32+,33+,34-/m0/s1. The van der Waals surface area contributed by atoms with Crippen molar-refractivity contribution in [3.8, 4) is 0 Å². The van der Waals surface area contributed by atoms with E-state index in [1.54, 1.807) is 0 Å². The highest BCUT2D eigenvalue weighted by Gasteiger charge is 2.70. The van der Waals surface area contributed by atoms with Crippen molar-refractivity contribution in [1.82, 2.24) is 5.32 Å². The zero-order valence-electron chi connectivity index (χ0n) is 25.7. The molecule has 5 rings (SSSR count). The quantitative estimate of drug-likeness (QED) is 0.411. The van der Waals surface area contributed by atoms with E-state index in [2.05, 4.69) is 44.8 Å². The highest BCUT2D eigenvalue weighted by atomic mass is 19.1. The smallest absolute Gasteiger partial charge is 0.251 e. The molecule has 41 heavy (non-hydrogen) atoms. The molecule has 0 saturated heterocycles. The van der Waals surface area contributed by atoms with E-state index in [1.807, 2.05) is 26.0 Å². The Morgan fingerprint density at radius 1 is 1.02 bits per heavy atom. The van der Waals surface area contributed by atoms with E-state index in [1.165, 1.54) is 0 Å². The summed E-state index contributed by atoms with van der Waals surface area (Å²) in [4.78, 5) is 57.0. The van der Waals surface area contributed by atoms with Gasteiger partial charge >= 0.3 is 0 Å². The van der Waals surface area contributed by atoms with Crippen molar-refractivity contribution in [2.45, 2.75) is 93.4 Å². The molecule has 0 aromatic heterocycles. The summed E-state index contributed by atoms with van der Waals surface area (Å²) in [6.45, 7) is 21.3. The van der Waals surface area contributed by atoms with E-state index in [9.17, 15) is 23.6 Å². The molecule has 1 N–H and O–H groups in total. The predicted octanol–water partition coefficient (Wildman–Crippen LogP) is 6.21. The average Bonchev–Trinajstić information content (AvgIpc) is 2.90. The Morgan fingerprint density at radius 2 is 1.68 bits per heavy atom. The minimum Gasteiger partial charge on any atom is -0.347 e. The number of carbonyl (C=O) groups excluding carboxylic acids is 4. The van der Waals surface area contributed by atoms with Gasteiger partial charge in [-0.2, -0.15) is 0 Å². The Bertz CT molecular complexity index is 1340. The fourth-order valence-electron chi connectivity index (χ4n) is 10.5. The Kier molecular flexibility index (Phi) is 6.69. The molecule has 222 valence electrons. The third-order valence-electron chi connectivity index (χ3n) is 13.0. The van der Waals surface area contributed by atoms with Crippen molar-refractivity contribution in [2.75, 3.05) is 13.2 Å². The number of nitrogens with one attached hydrogen (secondary N) is 1. The van der Waals surface area contributed by atoms with E-state index in [0.29, 0.717) is 19.3 Å². The van der Waals surface area contributed by atoms with Gasteiger partial charge in [-0.3, -0.25) is 14.4 Å². The zero-order chi connectivity index (χ0) is 30.4. The van der Waals surface area contributed by atoms with Gasteiger partial charge in [0, 0.05) is 22.2 Å². The number of hydrogen-bond donors (Lipinski definition) is 1. The van der Waals surface area contributed by atoms with Crippen LogP contribution in [-0.4, -0.2) is 36.5 Å². The Morgan fingerprint density at radius 3 is 2.32 bits per heavy atom. The molecule has 5 aliphatic rings. The van der Waals surface area contributed by atoms with Gasteiger partial charge in [0.05, 0.1) is 13.1 Å². The second-order valence-corrected chi connectivity index (χ2v) is 15.7. The first kappa shape index (κ1) is 29.9. The number of hydrogen-bond acceptors (Lipinski definition) is 4. The predicted molar refractivity (Wildman–Crippen MR) is 154 cm³/mol. The number of nitrogens with zero attached hydrogens (tertiary/aromatic N) is 1. The van der Waals surface area contributed by atoms with E-state index in [-0.39, 0.29) is 58.2 Å². The second kappa shape index (κ2) is 9.19. The van der Waals surface area contributed by atoms with Crippen LogP contribution in [0.4, 0.5) is 4.39 Å². The molecule has 7 atom stereocenters. The molecule has 0 radical (unpaired) electrons. The molecule has 0 unspecified atom stereocenters. The number of carbonyl (C=O) groups is 4. The van der Waals surface area contributed by atoms with Gasteiger partial charge in [-0.25, -0.2) is 9.24 Å². The largest absolute Gasteiger partial charge is 0.347 e. The van der Waals surface area contributed by atoms with E-state index in [4.69, 9.17) is 6.57 Å². The molecule has 0 heterocycles. The van der Waals surface area contributed by atoms with Crippen molar-refractivity contribution < 1.29 is 23.6 Å². The number of ketones is 3. The molecule has 5 aliphatic carbocycles. The first-order valence-electron chi connectivity index (χ1n) is 15.2. The van der Waals surface area contributed by atoms with Crippen LogP contribution < -0.4 is 5.32 Å². The summed E-state index contributed by atoms with van der Waals surface area (Å²) >= 11 is 0. The normalized spacial score (nSPS) is 42.3. The van der Waals surface area contributed by atoms with Crippen LogP contribution in [0.25, 0.3) is 4.85 Å². The number of halogens is 1. The summed E-state index contributed by atoms with van der Waals surface area (Å²) in [7, 11) is 0. The molecule has 3 fully saturated rings. The molecule has 0 aliphatic heterocycles. The van der Waals surface area contributed by atoms with Gasteiger partial charge < -0.3 is 10.1 Å². The van der Waals surface area contributed by atoms with E-state index in [0.717, 1.165) is 31.3 Å². The molecule has 0 bridgehead atoms. The summed E-state index contributed by atoms with van der Waals surface area (Å²) in [5.74, 6) is -1.49. The van der Waals surface area contributed by atoms with Crippen LogP contribution >= 0.6 is 0 Å². The number of alkyl halides is 1. The second-order valence-electron chi connectivity index (χ2n) is 15.7. The maximum Gasteiger partial charge on any atom is 0.251 e. The molecular formula is C34H45FN2O4. The van der Waals surface area contributed by atoms with Crippen LogP contribution in [-0.2, 0) is 19.2 Å². The van der Waals surface area contributed by atoms with Crippen LogP contribution in [0.1, 0.15) is 93.4 Å². The summed E-state index contributed by atoms with van der Waals surface area (Å²) in [6.07, 6.45) is 8.93. The van der Waals surface area contributed by atoms with Gasteiger partial charge in [0.25, 0.3) is 5.91 Å². The van der Waals surface area contributed by atoms with Crippen LogP contribution in [0.15, 0.2) is 23.4 Å². The number of rotatable bonds is 4. The number of fused-ring (bicyclic) bond motifs is 7.